The molecule has 2 rings (SSSR count). The lowest BCUT2D eigenvalue weighted by Crippen LogP contribution is -2.23. The number of methoxy groups -OCH3 is 1. The van der Waals surface area contributed by atoms with Crippen LogP contribution in [0, 0.1) is 0 Å². The molecule has 5 nitrogen and oxygen atoms in total. The second-order valence-corrected chi connectivity index (χ2v) is 4.63. The Morgan fingerprint density at radius 1 is 1.42 bits per heavy atom. The Hall–Kier alpha value is -2.01. The highest BCUT2D eigenvalue weighted by Crippen LogP contribution is 2.13. The second kappa shape index (κ2) is 6.24. The summed E-state index contributed by atoms with van der Waals surface area (Å²) in [5.41, 5.74) is 7.57. The van der Waals surface area contributed by atoms with Gasteiger partial charge < -0.3 is 15.4 Å². The van der Waals surface area contributed by atoms with Crippen molar-refractivity contribution in [3.8, 4) is 5.75 Å². The van der Waals surface area contributed by atoms with E-state index in [1.165, 1.54) is 5.56 Å². The van der Waals surface area contributed by atoms with E-state index in [9.17, 15) is 0 Å². The summed E-state index contributed by atoms with van der Waals surface area (Å²) in [5.74, 6) is 0.894. The van der Waals surface area contributed by atoms with Gasteiger partial charge in [-0.1, -0.05) is 12.1 Å². The number of benzene rings is 1. The van der Waals surface area contributed by atoms with Crippen LogP contribution in [0.1, 0.15) is 5.56 Å². The highest BCUT2D eigenvalue weighted by atomic mass is 16.5. The van der Waals surface area contributed by atoms with E-state index >= 15 is 0 Å². The van der Waals surface area contributed by atoms with Crippen LogP contribution >= 0.6 is 0 Å². The first kappa shape index (κ1) is 13.4. The van der Waals surface area contributed by atoms with E-state index in [0.29, 0.717) is 5.69 Å². The van der Waals surface area contributed by atoms with Gasteiger partial charge in [-0.05, 0) is 24.7 Å². The number of aromatic nitrogens is 2. The first-order valence-electron chi connectivity index (χ1n) is 6.27. The molecular formula is C14H20N4O. The smallest absolute Gasteiger partial charge is 0.119 e. The number of nitrogen functional groups attached to an aromatic ring is 1. The highest BCUT2D eigenvalue weighted by Gasteiger charge is 2.02. The van der Waals surface area contributed by atoms with Crippen LogP contribution in [0.2, 0.25) is 0 Å². The zero-order chi connectivity index (χ0) is 13.7. The molecule has 0 amide bonds. The fraction of sp³-hybridized carbons (Fsp3) is 0.357. The zero-order valence-corrected chi connectivity index (χ0v) is 11.4. The minimum atomic E-state index is 0.704. The maximum absolute atomic E-state index is 5.63. The summed E-state index contributed by atoms with van der Waals surface area (Å²) in [4.78, 5) is 2.24. The van der Waals surface area contributed by atoms with Crippen molar-refractivity contribution in [2.45, 2.75) is 13.1 Å². The Morgan fingerprint density at radius 2 is 2.26 bits per heavy atom. The summed E-state index contributed by atoms with van der Waals surface area (Å²) < 4.78 is 7.08. The predicted octanol–water partition coefficient (Wildman–Crippen LogP) is 1.61. The molecule has 1 aromatic heterocycles. The molecule has 0 saturated carbocycles. The average Bonchev–Trinajstić information content (AvgIpc) is 2.82. The summed E-state index contributed by atoms with van der Waals surface area (Å²) in [5, 5.41) is 4.17. The Bertz CT molecular complexity index is 524. The fourth-order valence-electron chi connectivity index (χ4n) is 1.94. The third-order valence-electron chi connectivity index (χ3n) is 2.95. The van der Waals surface area contributed by atoms with Gasteiger partial charge in [-0.25, -0.2) is 0 Å². The molecule has 0 radical (unpaired) electrons. The van der Waals surface area contributed by atoms with Gasteiger partial charge in [0.2, 0.25) is 0 Å². The Balaban J connectivity index is 1.84. The van der Waals surface area contributed by atoms with Gasteiger partial charge in [0.15, 0.2) is 0 Å². The maximum Gasteiger partial charge on any atom is 0.119 e. The molecule has 0 saturated heterocycles. The summed E-state index contributed by atoms with van der Waals surface area (Å²) >= 11 is 0. The molecule has 0 aliphatic heterocycles. The number of rotatable bonds is 6. The minimum absolute atomic E-state index is 0.704. The monoisotopic (exact) mass is 260 g/mol. The van der Waals surface area contributed by atoms with Crippen LogP contribution in [-0.2, 0) is 13.1 Å². The SMILES string of the molecule is COc1cccc(CN(C)CCn2cc(N)cn2)c1. The van der Waals surface area contributed by atoms with Crippen molar-refractivity contribution >= 4 is 5.69 Å². The molecule has 1 heterocycles. The van der Waals surface area contributed by atoms with Crippen LogP contribution < -0.4 is 10.5 Å². The molecule has 0 bridgehead atoms. The number of ether oxygens (including phenoxy) is 1. The first-order valence-corrected chi connectivity index (χ1v) is 6.27. The van der Waals surface area contributed by atoms with Crippen molar-refractivity contribution in [1.29, 1.82) is 0 Å². The predicted molar refractivity (Wildman–Crippen MR) is 76.0 cm³/mol. The van der Waals surface area contributed by atoms with Gasteiger partial charge in [-0.15, -0.1) is 0 Å². The van der Waals surface area contributed by atoms with Crippen molar-refractivity contribution in [2.24, 2.45) is 0 Å². The number of anilines is 1. The van der Waals surface area contributed by atoms with E-state index in [4.69, 9.17) is 10.5 Å². The van der Waals surface area contributed by atoms with Gasteiger partial charge in [-0.3, -0.25) is 4.68 Å². The summed E-state index contributed by atoms with van der Waals surface area (Å²) in [7, 11) is 3.78. The largest absolute Gasteiger partial charge is 0.497 e. The van der Waals surface area contributed by atoms with Crippen molar-refractivity contribution in [2.75, 3.05) is 26.4 Å². The molecule has 0 unspecified atom stereocenters. The lowest BCUT2D eigenvalue weighted by molar-refractivity contribution is 0.304. The van der Waals surface area contributed by atoms with Gasteiger partial charge in [-0.2, -0.15) is 5.10 Å². The second-order valence-electron chi connectivity index (χ2n) is 4.63. The number of hydrogen-bond acceptors (Lipinski definition) is 4. The molecule has 0 aliphatic carbocycles. The summed E-state index contributed by atoms with van der Waals surface area (Å²) in [6, 6.07) is 8.12. The summed E-state index contributed by atoms with van der Waals surface area (Å²) in [6.45, 7) is 2.63. The van der Waals surface area contributed by atoms with Crippen molar-refractivity contribution in [3.63, 3.8) is 0 Å². The van der Waals surface area contributed by atoms with Crippen LogP contribution in [-0.4, -0.2) is 35.4 Å². The van der Waals surface area contributed by atoms with Gasteiger partial charge in [0.05, 0.1) is 25.5 Å². The molecule has 5 heteroatoms. The van der Waals surface area contributed by atoms with Crippen molar-refractivity contribution in [1.82, 2.24) is 14.7 Å². The Kier molecular flexibility index (Phi) is 4.41. The molecule has 102 valence electrons. The van der Waals surface area contributed by atoms with Gasteiger partial charge in [0.1, 0.15) is 5.75 Å². The van der Waals surface area contributed by atoms with Crippen LogP contribution in [0.3, 0.4) is 0 Å². The van der Waals surface area contributed by atoms with Crippen molar-refractivity contribution in [3.05, 3.63) is 42.2 Å². The lowest BCUT2D eigenvalue weighted by Gasteiger charge is -2.17. The molecule has 2 aromatic rings. The highest BCUT2D eigenvalue weighted by molar-refractivity contribution is 5.30. The first-order chi connectivity index (χ1) is 9.17. The van der Waals surface area contributed by atoms with E-state index in [1.807, 2.05) is 23.0 Å². The maximum atomic E-state index is 5.63. The zero-order valence-electron chi connectivity index (χ0n) is 11.4. The summed E-state index contributed by atoms with van der Waals surface area (Å²) in [6.07, 6.45) is 3.52. The molecular weight excluding hydrogens is 240 g/mol. The van der Waals surface area contributed by atoms with Gasteiger partial charge >= 0.3 is 0 Å². The number of hydrogen-bond donors (Lipinski definition) is 1. The minimum Gasteiger partial charge on any atom is -0.497 e. The molecule has 0 atom stereocenters. The van der Waals surface area contributed by atoms with Crippen LogP contribution in [0.5, 0.6) is 5.75 Å². The third kappa shape index (κ3) is 3.99. The van der Waals surface area contributed by atoms with E-state index in [-0.39, 0.29) is 0 Å². The molecule has 0 spiro atoms. The van der Waals surface area contributed by atoms with E-state index in [0.717, 1.165) is 25.4 Å². The fourth-order valence-corrected chi connectivity index (χ4v) is 1.94. The average molecular weight is 260 g/mol. The van der Waals surface area contributed by atoms with E-state index in [1.54, 1.807) is 13.3 Å². The normalized spacial score (nSPS) is 10.9. The topological polar surface area (TPSA) is 56.3 Å². The Labute approximate surface area is 113 Å². The van der Waals surface area contributed by atoms with Crippen LogP contribution in [0.4, 0.5) is 5.69 Å². The standard InChI is InChI=1S/C14H20N4O/c1-17(6-7-18-11-13(15)9-16-18)10-12-4-3-5-14(8-12)19-2/h3-5,8-9,11H,6-7,10,15H2,1-2H3. The quantitative estimate of drug-likeness (QED) is 0.857. The van der Waals surface area contributed by atoms with E-state index < -0.39 is 0 Å². The van der Waals surface area contributed by atoms with Gasteiger partial charge in [0.25, 0.3) is 0 Å². The van der Waals surface area contributed by atoms with Crippen LogP contribution in [0.25, 0.3) is 0 Å². The van der Waals surface area contributed by atoms with Crippen molar-refractivity contribution < 1.29 is 4.74 Å². The van der Waals surface area contributed by atoms with Gasteiger partial charge in [0, 0.05) is 19.3 Å². The Morgan fingerprint density at radius 3 is 2.95 bits per heavy atom. The number of nitrogens with two attached hydrogens (primary N) is 1. The number of likely N-dealkylation sites (N-methyl/N-ethyl adjacent to an activating group) is 1. The van der Waals surface area contributed by atoms with Crippen LogP contribution in [0.15, 0.2) is 36.7 Å². The molecule has 0 aliphatic rings. The molecule has 2 N–H and O–H groups in total. The van der Waals surface area contributed by atoms with E-state index in [2.05, 4.69) is 29.2 Å². The molecule has 19 heavy (non-hydrogen) atoms. The molecule has 1 aromatic carbocycles. The lowest BCUT2D eigenvalue weighted by atomic mass is 10.2. The number of nitrogens with zero attached hydrogens (tertiary/aromatic N) is 3. The molecule has 0 fully saturated rings. The third-order valence-corrected chi connectivity index (χ3v) is 2.95.